The molecule has 5 rings (SSSR count). The molecule has 50 heavy (non-hydrogen) atoms. The number of aryl methyl sites for hydroxylation is 1. The number of rotatable bonds is 13. The summed E-state index contributed by atoms with van der Waals surface area (Å²) >= 11 is 12.9. The lowest BCUT2D eigenvalue weighted by Crippen LogP contribution is -2.55. The van der Waals surface area contributed by atoms with Gasteiger partial charge in [-0.15, -0.1) is 0 Å². The number of anilines is 1. The van der Waals surface area contributed by atoms with Crippen LogP contribution < -0.4 is 9.62 Å². The first-order valence-corrected chi connectivity index (χ1v) is 19.4. The third kappa shape index (κ3) is 9.47. The topological polar surface area (TPSA) is 86.8 Å². The number of benzene rings is 4. The van der Waals surface area contributed by atoms with Crippen molar-refractivity contribution in [1.29, 1.82) is 0 Å². The largest absolute Gasteiger partial charge is 0.352 e. The number of carbonyl (C=O) groups is 2. The zero-order chi connectivity index (χ0) is 35.8. The van der Waals surface area contributed by atoms with E-state index in [4.69, 9.17) is 23.2 Å². The number of hydrogen-bond acceptors (Lipinski definition) is 4. The van der Waals surface area contributed by atoms with Crippen molar-refractivity contribution in [2.75, 3.05) is 10.8 Å². The maximum absolute atomic E-state index is 14.8. The number of nitrogens with zero attached hydrogens (tertiary/aromatic N) is 2. The summed E-state index contributed by atoms with van der Waals surface area (Å²) in [6.07, 6.45) is 5.15. The Bertz CT molecular complexity index is 1860. The van der Waals surface area contributed by atoms with Gasteiger partial charge in [0.05, 0.1) is 10.6 Å². The van der Waals surface area contributed by atoms with Crippen LogP contribution in [0.25, 0.3) is 0 Å². The molecular weight excluding hydrogens is 689 g/mol. The third-order valence-electron chi connectivity index (χ3n) is 9.31. The highest BCUT2D eigenvalue weighted by atomic mass is 35.5. The van der Waals surface area contributed by atoms with Crippen LogP contribution in [0.2, 0.25) is 10.0 Å². The second-order valence-electron chi connectivity index (χ2n) is 13.4. The van der Waals surface area contributed by atoms with Gasteiger partial charge in [0, 0.05) is 29.1 Å². The summed E-state index contributed by atoms with van der Waals surface area (Å²) in [4.78, 5) is 30.7. The zero-order valence-electron chi connectivity index (χ0n) is 28.8. The summed E-state index contributed by atoms with van der Waals surface area (Å²) in [6, 6.07) is 27.4. The van der Waals surface area contributed by atoms with Crippen LogP contribution in [0, 0.1) is 6.92 Å². The maximum Gasteiger partial charge on any atom is 0.264 e. The molecule has 10 heteroatoms. The Morgan fingerprint density at radius 2 is 1.52 bits per heavy atom. The van der Waals surface area contributed by atoms with Crippen LogP contribution in [0.4, 0.5) is 5.69 Å². The maximum atomic E-state index is 14.8. The Morgan fingerprint density at radius 1 is 0.860 bits per heavy atom. The summed E-state index contributed by atoms with van der Waals surface area (Å²) in [5, 5.41) is 4.01. The number of carbonyl (C=O) groups excluding carboxylic acids is 2. The van der Waals surface area contributed by atoms with E-state index in [1.165, 1.54) is 4.90 Å². The van der Waals surface area contributed by atoms with Crippen molar-refractivity contribution in [3.8, 4) is 0 Å². The number of nitrogens with one attached hydrogen (secondary N) is 1. The second-order valence-corrected chi connectivity index (χ2v) is 16.1. The van der Waals surface area contributed by atoms with Crippen molar-refractivity contribution in [2.45, 2.75) is 88.7 Å². The fourth-order valence-corrected chi connectivity index (χ4v) is 8.21. The van der Waals surface area contributed by atoms with Crippen molar-refractivity contribution in [3.63, 3.8) is 0 Å². The molecule has 0 bridgehead atoms. The molecule has 0 aliphatic heterocycles. The second kappa shape index (κ2) is 16.9. The number of hydrogen-bond donors (Lipinski definition) is 1. The lowest BCUT2D eigenvalue weighted by molar-refractivity contribution is -0.140. The molecule has 0 radical (unpaired) electrons. The van der Waals surface area contributed by atoms with E-state index in [9.17, 15) is 18.0 Å². The highest BCUT2D eigenvalue weighted by Gasteiger charge is 2.35. The molecule has 1 fully saturated rings. The van der Waals surface area contributed by atoms with E-state index in [-0.39, 0.29) is 35.7 Å². The molecule has 7 nitrogen and oxygen atoms in total. The molecule has 0 aromatic heterocycles. The molecule has 1 atom stereocenters. The molecule has 1 aliphatic carbocycles. The Balaban J connectivity index is 1.59. The minimum Gasteiger partial charge on any atom is -0.352 e. The molecule has 4 aromatic rings. The molecule has 1 unspecified atom stereocenters. The van der Waals surface area contributed by atoms with Crippen molar-refractivity contribution in [1.82, 2.24) is 10.2 Å². The van der Waals surface area contributed by atoms with Gasteiger partial charge in [0.2, 0.25) is 11.8 Å². The number of sulfonamides is 1. The Labute approximate surface area is 306 Å². The van der Waals surface area contributed by atoms with E-state index in [0.29, 0.717) is 21.3 Å². The van der Waals surface area contributed by atoms with E-state index in [0.717, 1.165) is 53.1 Å². The summed E-state index contributed by atoms with van der Waals surface area (Å²) in [6.45, 7) is 5.43. The predicted molar refractivity (Wildman–Crippen MR) is 202 cm³/mol. The first-order chi connectivity index (χ1) is 23.9. The summed E-state index contributed by atoms with van der Waals surface area (Å²) < 4.78 is 29.9. The van der Waals surface area contributed by atoms with Gasteiger partial charge < -0.3 is 10.2 Å². The Kier molecular flexibility index (Phi) is 12.6. The molecular formula is C40H45Cl2N3O4S. The fraction of sp³-hybridized carbons (Fsp3) is 0.350. The first kappa shape index (κ1) is 37.4. The highest BCUT2D eigenvalue weighted by Crippen LogP contribution is 2.29. The summed E-state index contributed by atoms with van der Waals surface area (Å²) in [5.41, 5.74) is 3.74. The van der Waals surface area contributed by atoms with E-state index in [1.54, 1.807) is 54.6 Å². The molecule has 264 valence electrons. The van der Waals surface area contributed by atoms with Gasteiger partial charge in [-0.3, -0.25) is 13.9 Å². The summed E-state index contributed by atoms with van der Waals surface area (Å²) in [7, 11) is -4.20. The quantitative estimate of drug-likeness (QED) is 0.149. The van der Waals surface area contributed by atoms with Crippen LogP contribution in [0.1, 0.15) is 74.1 Å². The predicted octanol–water partition coefficient (Wildman–Crippen LogP) is 8.71. The van der Waals surface area contributed by atoms with Crippen molar-refractivity contribution >= 4 is 50.7 Å². The first-order valence-electron chi connectivity index (χ1n) is 17.2. The van der Waals surface area contributed by atoms with Crippen LogP contribution in [0.3, 0.4) is 0 Å². The van der Waals surface area contributed by atoms with Crippen LogP contribution in [-0.2, 0) is 32.6 Å². The molecule has 0 spiro atoms. The van der Waals surface area contributed by atoms with Gasteiger partial charge in [-0.1, -0.05) is 123 Å². The van der Waals surface area contributed by atoms with E-state index < -0.39 is 28.5 Å². The van der Waals surface area contributed by atoms with E-state index in [1.807, 2.05) is 49.4 Å². The van der Waals surface area contributed by atoms with Crippen LogP contribution in [0.15, 0.2) is 102 Å². The smallest absolute Gasteiger partial charge is 0.264 e. The molecule has 4 aromatic carbocycles. The van der Waals surface area contributed by atoms with Crippen LogP contribution >= 0.6 is 23.2 Å². The average molecular weight is 735 g/mol. The van der Waals surface area contributed by atoms with Crippen molar-refractivity contribution in [2.24, 2.45) is 0 Å². The van der Waals surface area contributed by atoms with Gasteiger partial charge in [-0.25, -0.2) is 8.42 Å². The molecule has 1 aliphatic rings. The number of amides is 2. The standard InChI is InChI=1S/C40H45Cl2N3O4S/c1-28(2)31-17-20-35(21-18-31)45(50(48,49)36-22-14-29(3)15-23-36)27-39(46)44(26-32-16-19-33(41)25-37(32)42)38(24-30-10-6-4-7-11-30)40(47)43-34-12-8-5-9-13-34/h4,6-7,10-11,14-23,25,28,34,38H,5,8-9,12-13,24,26-27H2,1-3H3,(H,43,47). The van der Waals surface area contributed by atoms with Gasteiger partial charge in [-0.2, -0.15) is 0 Å². The van der Waals surface area contributed by atoms with Gasteiger partial charge in [-0.05, 0) is 78.8 Å². The minimum atomic E-state index is -4.20. The van der Waals surface area contributed by atoms with Gasteiger partial charge in [0.1, 0.15) is 12.6 Å². The SMILES string of the molecule is Cc1ccc(S(=O)(=O)N(CC(=O)N(Cc2ccc(Cl)cc2Cl)C(Cc2ccccc2)C(=O)NC2CCCCC2)c2ccc(C(C)C)cc2)cc1. The normalized spacial score (nSPS) is 14.3. The van der Waals surface area contributed by atoms with Gasteiger partial charge in [0.25, 0.3) is 10.0 Å². The molecule has 1 saturated carbocycles. The van der Waals surface area contributed by atoms with Crippen LogP contribution in [0.5, 0.6) is 0 Å². The Morgan fingerprint density at radius 3 is 2.14 bits per heavy atom. The third-order valence-corrected chi connectivity index (χ3v) is 11.7. The lowest BCUT2D eigenvalue weighted by Gasteiger charge is -2.35. The zero-order valence-corrected chi connectivity index (χ0v) is 31.1. The minimum absolute atomic E-state index is 0.00322. The van der Waals surface area contributed by atoms with Gasteiger partial charge in [0.15, 0.2) is 0 Å². The molecule has 1 N–H and O–H groups in total. The summed E-state index contributed by atoms with van der Waals surface area (Å²) in [5.74, 6) is -0.596. The van der Waals surface area contributed by atoms with E-state index in [2.05, 4.69) is 19.2 Å². The van der Waals surface area contributed by atoms with E-state index >= 15 is 0 Å². The molecule has 0 saturated heterocycles. The fourth-order valence-electron chi connectivity index (χ4n) is 6.32. The number of halogens is 2. The van der Waals surface area contributed by atoms with Crippen LogP contribution in [-0.4, -0.2) is 43.8 Å². The van der Waals surface area contributed by atoms with Gasteiger partial charge >= 0.3 is 0 Å². The Hall–Kier alpha value is -3.85. The average Bonchev–Trinajstić information content (AvgIpc) is 3.10. The lowest BCUT2D eigenvalue weighted by atomic mass is 9.94. The monoisotopic (exact) mass is 733 g/mol. The highest BCUT2D eigenvalue weighted by molar-refractivity contribution is 7.92. The molecule has 0 heterocycles. The van der Waals surface area contributed by atoms with Crippen molar-refractivity contribution in [3.05, 3.63) is 129 Å². The molecule has 2 amide bonds. The van der Waals surface area contributed by atoms with Crippen molar-refractivity contribution < 1.29 is 18.0 Å².